The highest BCUT2D eigenvalue weighted by Crippen LogP contribution is 2.38. The lowest BCUT2D eigenvalue weighted by Crippen LogP contribution is -2.35. The molecule has 0 radical (unpaired) electrons. The molecule has 1 fully saturated rings. The molecule has 2 rings (SSSR count). The van der Waals surface area contributed by atoms with Crippen LogP contribution in [0.4, 0.5) is 0 Å². The lowest BCUT2D eigenvalue weighted by Gasteiger charge is -2.37. The van der Waals surface area contributed by atoms with E-state index in [0.29, 0.717) is 0 Å². The Labute approximate surface area is 111 Å². The zero-order valence-electron chi connectivity index (χ0n) is 11.7. The molecule has 0 amide bonds. The lowest BCUT2D eigenvalue weighted by molar-refractivity contribution is -0.0216. The van der Waals surface area contributed by atoms with Crippen LogP contribution in [0.3, 0.4) is 0 Å². The van der Waals surface area contributed by atoms with Gasteiger partial charge in [-0.25, -0.2) is 0 Å². The number of aryl methyl sites for hydroxylation is 1. The third kappa shape index (κ3) is 3.58. The van der Waals surface area contributed by atoms with Gasteiger partial charge < -0.3 is 5.11 Å². The van der Waals surface area contributed by atoms with E-state index in [2.05, 4.69) is 38.1 Å². The first-order chi connectivity index (χ1) is 8.59. The molecule has 1 aromatic rings. The Hall–Kier alpha value is -0.820. The molecule has 1 heteroatoms. The largest absolute Gasteiger partial charge is 0.390 e. The van der Waals surface area contributed by atoms with Crippen LogP contribution in [0.15, 0.2) is 30.3 Å². The van der Waals surface area contributed by atoms with Gasteiger partial charge in [0.25, 0.3) is 0 Å². The van der Waals surface area contributed by atoms with E-state index < -0.39 is 5.60 Å². The molecular weight excluding hydrogens is 220 g/mol. The Bertz CT molecular complexity index is 347. The van der Waals surface area contributed by atoms with Crippen LogP contribution in [-0.4, -0.2) is 10.7 Å². The van der Waals surface area contributed by atoms with Crippen LogP contribution in [0.2, 0.25) is 0 Å². The predicted octanol–water partition coefficient (Wildman–Crippen LogP) is 4.20. The van der Waals surface area contributed by atoms with Crippen molar-refractivity contribution in [2.24, 2.45) is 11.8 Å². The minimum absolute atomic E-state index is 0.402. The van der Waals surface area contributed by atoms with E-state index in [-0.39, 0.29) is 0 Å². The van der Waals surface area contributed by atoms with Gasteiger partial charge in [-0.2, -0.15) is 0 Å². The van der Waals surface area contributed by atoms with E-state index >= 15 is 0 Å². The average Bonchev–Trinajstić information content (AvgIpc) is 2.38. The maximum Gasteiger partial charge on any atom is 0.0651 e. The van der Waals surface area contributed by atoms with Crippen molar-refractivity contribution in [1.82, 2.24) is 0 Å². The smallest absolute Gasteiger partial charge is 0.0651 e. The third-order valence-electron chi connectivity index (χ3n) is 4.63. The van der Waals surface area contributed by atoms with Gasteiger partial charge in [-0.3, -0.25) is 0 Å². The molecule has 1 aliphatic carbocycles. The Balaban J connectivity index is 1.83. The Morgan fingerprint density at radius 1 is 1.17 bits per heavy atom. The molecular formula is C17H26O. The molecule has 0 unspecified atom stereocenters. The van der Waals surface area contributed by atoms with Gasteiger partial charge in [0.1, 0.15) is 0 Å². The molecule has 0 spiro atoms. The van der Waals surface area contributed by atoms with Crippen molar-refractivity contribution < 1.29 is 5.11 Å². The molecule has 1 nitrogen and oxygen atoms in total. The molecule has 0 aromatic heterocycles. The van der Waals surface area contributed by atoms with Gasteiger partial charge in [0, 0.05) is 0 Å². The van der Waals surface area contributed by atoms with Crippen LogP contribution in [-0.2, 0) is 6.42 Å². The van der Waals surface area contributed by atoms with E-state index in [0.717, 1.165) is 37.5 Å². The second kappa shape index (κ2) is 5.88. The fourth-order valence-corrected chi connectivity index (χ4v) is 3.12. The van der Waals surface area contributed by atoms with Gasteiger partial charge in [-0.15, -0.1) is 0 Å². The van der Waals surface area contributed by atoms with Crippen LogP contribution in [0.5, 0.6) is 0 Å². The van der Waals surface area contributed by atoms with Crippen molar-refractivity contribution in [3.8, 4) is 0 Å². The Kier molecular flexibility index (Phi) is 4.45. The molecule has 0 bridgehead atoms. The first-order valence-electron chi connectivity index (χ1n) is 7.35. The van der Waals surface area contributed by atoms with Crippen molar-refractivity contribution >= 4 is 0 Å². The SMILES string of the molecule is CC(C)C1CCC(O)(CCc2ccccc2)CC1. The summed E-state index contributed by atoms with van der Waals surface area (Å²) >= 11 is 0. The normalized spacial score (nSPS) is 28.6. The summed E-state index contributed by atoms with van der Waals surface area (Å²) in [5.41, 5.74) is 0.943. The summed E-state index contributed by atoms with van der Waals surface area (Å²) in [7, 11) is 0. The molecule has 18 heavy (non-hydrogen) atoms. The number of hydrogen-bond acceptors (Lipinski definition) is 1. The van der Waals surface area contributed by atoms with Crippen molar-refractivity contribution in [3.05, 3.63) is 35.9 Å². The standard InChI is InChI=1S/C17H26O/c1-14(2)16-9-12-17(18,13-10-16)11-8-15-6-4-3-5-7-15/h3-7,14,16,18H,8-13H2,1-2H3. The van der Waals surface area contributed by atoms with Crippen molar-refractivity contribution in [3.63, 3.8) is 0 Å². The molecule has 0 aliphatic heterocycles. The number of aliphatic hydroxyl groups is 1. The molecule has 1 aliphatic rings. The quantitative estimate of drug-likeness (QED) is 0.844. The fourth-order valence-electron chi connectivity index (χ4n) is 3.12. The molecule has 0 saturated heterocycles. The maximum atomic E-state index is 10.6. The molecule has 0 atom stereocenters. The second-order valence-electron chi connectivity index (χ2n) is 6.29. The summed E-state index contributed by atoms with van der Waals surface area (Å²) in [5.74, 6) is 1.59. The monoisotopic (exact) mass is 246 g/mol. The summed E-state index contributed by atoms with van der Waals surface area (Å²) in [6, 6.07) is 10.5. The zero-order valence-corrected chi connectivity index (χ0v) is 11.7. The molecule has 100 valence electrons. The average molecular weight is 246 g/mol. The van der Waals surface area contributed by atoms with E-state index in [1.54, 1.807) is 0 Å². The Morgan fingerprint density at radius 3 is 2.33 bits per heavy atom. The van der Waals surface area contributed by atoms with Crippen LogP contribution in [0.1, 0.15) is 51.5 Å². The van der Waals surface area contributed by atoms with E-state index in [9.17, 15) is 5.11 Å². The lowest BCUT2D eigenvalue weighted by atomic mass is 9.73. The van der Waals surface area contributed by atoms with Gasteiger partial charge in [-0.1, -0.05) is 44.2 Å². The highest BCUT2D eigenvalue weighted by atomic mass is 16.3. The minimum atomic E-state index is -0.402. The zero-order chi connectivity index (χ0) is 13.0. The topological polar surface area (TPSA) is 20.2 Å². The molecule has 0 heterocycles. The van der Waals surface area contributed by atoms with Crippen molar-refractivity contribution in [1.29, 1.82) is 0 Å². The fraction of sp³-hybridized carbons (Fsp3) is 0.647. The highest BCUT2D eigenvalue weighted by molar-refractivity contribution is 5.15. The highest BCUT2D eigenvalue weighted by Gasteiger charge is 2.33. The molecule has 1 N–H and O–H groups in total. The van der Waals surface area contributed by atoms with E-state index in [1.807, 2.05) is 6.07 Å². The molecule has 1 saturated carbocycles. The van der Waals surface area contributed by atoms with Gasteiger partial charge in [0.15, 0.2) is 0 Å². The summed E-state index contributed by atoms with van der Waals surface area (Å²) in [6.07, 6.45) is 6.29. The van der Waals surface area contributed by atoms with E-state index in [4.69, 9.17) is 0 Å². The maximum absolute atomic E-state index is 10.6. The Morgan fingerprint density at radius 2 is 1.78 bits per heavy atom. The van der Waals surface area contributed by atoms with Crippen LogP contribution >= 0.6 is 0 Å². The first kappa shape index (κ1) is 13.6. The van der Waals surface area contributed by atoms with Crippen molar-refractivity contribution in [2.45, 2.75) is 58.0 Å². The minimum Gasteiger partial charge on any atom is -0.390 e. The first-order valence-corrected chi connectivity index (χ1v) is 7.35. The van der Waals surface area contributed by atoms with Gasteiger partial charge in [0.05, 0.1) is 5.60 Å². The number of rotatable bonds is 4. The van der Waals surface area contributed by atoms with Crippen LogP contribution in [0.25, 0.3) is 0 Å². The number of hydrogen-bond donors (Lipinski definition) is 1. The number of benzene rings is 1. The summed E-state index contributed by atoms with van der Waals surface area (Å²) < 4.78 is 0. The summed E-state index contributed by atoms with van der Waals surface area (Å²) in [6.45, 7) is 4.61. The van der Waals surface area contributed by atoms with Gasteiger partial charge in [0.2, 0.25) is 0 Å². The predicted molar refractivity (Wildman–Crippen MR) is 76.5 cm³/mol. The van der Waals surface area contributed by atoms with Crippen LogP contribution < -0.4 is 0 Å². The van der Waals surface area contributed by atoms with Crippen molar-refractivity contribution in [2.75, 3.05) is 0 Å². The summed E-state index contributed by atoms with van der Waals surface area (Å²) in [5, 5.41) is 10.6. The van der Waals surface area contributed by atoms with Crippen LogP contribution in [0, 0.1) is 11.8 Å². The third-order valence-corrected chi connectivity index (χ3v) is 4.63. The van der Waals surface area contributed by atoms with Gasteiger partial charge in [-0.05, 0) is 55.9 Å². The van der Waals surface area contributed by atoms with E-state index in [1.165, 1.54) is 18.4 Å². The molecule has 1 aromatic carbocycles. The second-order valence-corrected chi connectivity index (χ2v) is 6.29. The summed E-state index contributed by atoms with van der Waals surface area (Å²) in [4.78, 5) is 0. The van der Waals surface area contributed by atoms with Gasteiger partial charge >= 0.3 is 0 Å².